The number of pyridine rings is 3. The molecule has 1 aliphatic heterocycles. The fourth-order valence-corrected chi connectivity index (χ4v) is 5.14. The van der Waals surface area contributed by atoms with Crippen molar-refractivity contribution in [3.05, 3.63) is 60.2 Å². The van der Waals surface area contributed by atoms with E-state index in [0.717, 1.165) is 61.2 Å². The number of hydrogen-bond donors (Lipinski definition) is 2. The molecular weight excluding hydrogens is 486 g/mol. The lowest BCUT2D eigenvalue weighted by molar-refractivity contribution is 0.236. The average molecular weight is 517 g/mol. The van der Waals surface area contributed by atoms with Gasteiger partial charge >= 0.3 is 0 Å². The van der Waals surface area contributed by atoms with Crippen molar-refractivity contribution in [3.8, 4) is 11.4 Å². The summed E-state index contributed by atoms with van der Waals surface area (Å²) in [6.45, 7) is 6.38. The van der Waals surface area contributed by atoms with Crippen LogP contribution in [0.5, 0.6) is 0 Å². The maximum Gasteiger partial charge on any atom is 0.214 e. The van der Waals surface area contributed by atoms with Gasteiger partial charge in [-0.2, -0.15) is 9.37 Å². The zero-order chi connectivity index (χ0) is 26.4. The second-order valence-corrected chi connectivity index (χ2v) is 10.8. The Labute approximate surface area is 220 Å². The number of aromatic nitrogens is 5. The molecule has 0 bridgehead atoms. The van der Waals surface area contributed by atoms with Crippen molar-refractivity contribution in [1.82, 2.24) is 30.2 Å². The van der Waals surface area contributed by atoms with Crippen molar-refractivity contribution >= 4 is 28.4 Å². The third-order valence-electron chi connectivity index (χ3n) is 7.56. The van der Waals surface area contributed by atoms with Crippen molar-refractivity contribution in [2.75, 3.05) is 30.4 Å². The lowest BCUT2D eigenvalue weighted by atomic mass is 9.80. The highest BCUT2D eigenvalue weighted by Crippen LogP contribution is 2.44. The second kappa shape index (κ2) is 9.50. The Morgan fingerprint density at radius 1 is 1.05 bits per heavy atom. The molecule has 0 amide bonds. The normalized spacial score (nSPS) is 18.9. The van der Waals surface area contributed by atoms with Crippen LogP contribution in [0.2, 0.25) is 0 Å². The van der Waals surface area contributed by atoms with E-state index >= 15 is 0 Å². The van der Waals surface area contributed by atoms with E-state index in [9.17, 15) is 8.78 Å². The van der Waals surface area contributed by atoms with E-state index in [1.807, 2.05) is 12.3 Å². The van der Waals surface area contributed by atoms with Crippen molar-refractivity contribution in [2.45, 2.75) is 45.1 Å². The van der Waals surface area contributed by atoms with Gasteiger partial charge in [0.25, 0.3) is 0 Å². The minimum Gasteiger partial charge on any atom is -0.366 e. The van der Waals surface area contributed by atoms with Crippen LogP contribution in [-0.4, -0.2) is 51.1 Å². The fourth-order valence-electron chi connectivity index (χ4n) is 5.14. The molecular formula is C28H30F2N8. The topological polar surface area (TPSA) is 91.8 Å². The van der Waals surface area contributed by atoms with Crippen LogP contribution in [0.1, 0.15) is 44.6 Å². The molecule has 1 saturated heterocycles. The summed E-state index contributed by atoms with van der Waals surface area (Å²) in [5.74, 6) is 0.627. The molecule has 1 unspecified atom stereocenters. The Bertz CT molecular complexity index is 1500. The van der Waals surface area contributed by atoms with Crippen LogP contribution in [0.25, 0.3) is 22.3 Å². The number of nitrogens with zero attached hydrogens (tertiary/aromatic N) is 6. The first-order valence-electron chi connectivity index (χ1n) is 13.0. The first-order chi connectivity index (χ1) is 18.3. The van der Waals surface area contributed by atoms with Gasteiger partial charge < -0.3 is 15.5 Å². The maximum atomic E-state index is 14.4. The van der Waals surface area contributed by atoms with Gasteiger partial charge in [0.05, 0.1) is 11.7 Å². The number of anilines is 3. The van der Waals surface area contributed by atoms with E-state index in [2.05, 4.69) is 39.4 Å². The van der Waals surface area contributed by atoms with E-state index < -0.39 is 11.8 Å². The summed E-state index contributed by atoms with van der Waals surface area (Å²) in [6.07, 6.45) is 8.60. The Morgan fingerprint density at radius 3 is 2.68 bits per heavy atom. The molecule has 0 radical (unpaired) electrons. The van der Waals surface area contributed by atoms with Crippen molar-refractivity contribution in [2.24, 2.45) is 5.41 Å². The summed E-state index contributed by atoms with van der Waals surface area (Å²) >= 11 is 0. The number of rotatable bonds is 6. The first-order valence-corrected chi connectivity index (χ1v) is 13.0. The minimum absolute atomic E-state index is 0.0387. The van der Waals surface area contributed by atoms with Gasteiger partial charge in [-0.25, -0.2) is 19.3 Å². The van der Waals surface area contributed by atoms with E-state index in [1.54, 1.807) is 25.5 Å². The summed E-state index contributed by atoms with van der Waals surface area (Å²) in [5.41, 5.74) is 2.70. The molecule has 10 heteroatoms. The SMILES string of the molecule is CN(c1cc(-c2nc(NC3CCNCC3(C)C)c3c(C4CC4)cncc3n2)ccn1)c1nc(F)ccc1F. The Balaban J connectivity index is 1.44. The number of halogens is 2. The Morgan fingerprint density at radius 2 is 1.89 bits per heavy atom. The molecule has 1 saturated carbocycles. The van der Waals surface area contributed by atoms with E-state index in [1.165, 1.54) is 10.5 Å². The smallest absolute Gasteiger partial charge is 0.214 e. The fraction of sp³-hybridized carbons (Fsp3) is 0.393. The highest BCUT2D eigenvalue weighted by molar-refractivity contribution is 5.93. The standard InChI is InChI=1S/C28H30F2N8/c1-28(2)15-31-10-9-21(28)35-26-24-18(16-4-5-16)13-32-14-20(24)34-25(37-26)17-8-11-33-23(12-17)38(3)27-19(29)6-7-22(30)36-27/h6-8,11-14,16,21,31H,4-5,9-10,15H2,1-3H3,(H,34,35,37). The quantitative estimate of drug-likeness (QED) is 0.338. The monoisotopic (exact) mass is 516 g/mol. The largest absolute Gasteiger partial charge is 0.366 e. The number of hydrogen-bond acceptors (Lipinski definition) is 8. The molecule has 0 spiro atoms. The lowest BCUT2D eigenvalue weighted by Gasteiger charge is -2.40. The highest BCUT2D eigenvalue weighted by Gasteiger charge is 2.34. The molecule has 4 aromatic rings. The van der Waals surface area contributed by atoms with Crippen molar-refractivity contribution in [3.63, 3.8) is 0 Å². The Kier molecular flexibility index (Phi) is 6.14. The van der Waals surface area contributed by atoms with Gasteiger partial charge in [-0.15, -0.1) is 0 Å². The third kappa shape index (κ3) is 4.64. The predicted octanol–water partition coefficient (Wildman–Crippen LogP) is 5.21. The van der Waals surface area contributed by atoms with Crippen LogP contribution in [-0.2, 0) is 0 Å². The van der Waals surface area contributed by atoms with Gasteiger partial charge in [-0.1, -0.05) is 13.8 Å². The second-order valence-electron chi connectivity index (χ2n) is 10.8. The molecule has 38 heavy (non-hydrogen) atoms. The molecule has 8 nitrogen and oxygen atoms in total. The van der Waals surface area contributed by atoms with Crippen LogP contribution < -0.4 is 15.5 Å². The van der Waals surface area contributed by atoms with Crippen LogP contribution in [0.15, 0.2) is 42.9 Å². The number of fused-ring (bicyclic) bond motifs is 1. The molecule has 2 fully saturated rings. The van der Waals surface area contributed by atoms with Crippen LogP contribution in [0.3, 0.4) is 0 Å². The molecule has 196 valence electrons. The summed E-state index contributed by atoms with van der Waals surface area (Å²) in [4.78, 5) is 23.9. The Hall–Kier alpha value is -3.79. The zero-order valence-electron chi connectivity index (χ0n) is 21.7. The summed E-state index contributed by atoms with van der Waals surface area (Å²) in [5, 5.41) is 8.30. The molecule has 6 rings (SSSR count). The van der Waals surface area contributed by atoms with Crippen molar-refractivity contribution in [1.29, 1.82) is 0 Å². The van der Waals surface area contributed by atoms with Crippen LogP contribution >= 0.6 is 0 Å². The van der Waals surface area contributed by atoms with E-state index in [-0.39, 0.29) is 17.3 Å². The molecule has 2 N–H and O–H groups in total. The first kappa shape index (κ1) is 24.5. The molecule has 0 aromatic carbocycles. The number of piperidine rings is 1. The summed E-state index contributed by atoms with van der Waals surface area (Å²) < 4.78 is 28.1. The molecule has 5 heterocycles. The van der Waals surface area contributed by atoms with E-state index in [0.29, 0.717) is 23.1 Å². The zero-order valence-corrected chi connectivity index (χ0v) is 21.7. The van der Waals surface area contributed by atoms with Gasteiger partial charge in [0.1, 0.15) is 11.6 Å². The van der Waals surface area contributed by atoms with E-state index in [4.69, 9.17) is 9.97 Å². The molecule has 4 aromatic heterocycles. The lowest BCUT2D eigenvalue weighted by Crippen LogP contribution is -2.49. The van der Waals surface area contributed by atoms with Gasteiger partial charge in [0.2, 0.25) is 5.95 Å². The minimum atomic E-state index is -0.766. The predicted molar refractivity (Wildman–Crippen MR) is 143 cm³/mol. The van der Waals surface area contributed by atoms with Crippen LogP contribution in [0, 0.1) is 17.2 Å². The van der Waals surface area contributed by atoms with Gasteiger partial charge in [0, 0.05) is 43.0 Å². The highest BCUT2D eigenvalue weighted by atomic mass is 19.1. The average Bonchev–Trinajstić information content (AvgIpc) is 3.76. The molecule has 1 atom stereocenters. The maximum absolute atomic E-state index is 14.4. The van der Waals surface area contributed by atoms with Gasteiger partial charge in [-0.3, -0.25) is 4.98 Å². The molecule has 1 aliphatic carbocycles. The molecule has 2 aliphatic rings. The summed E-state index contributed by atoms with van der Waals surface area (Å²) in [6, 6.07) is 5.83. The van der Waals surface area contributed by atoms with Crippen LogP contribution in [0.4, 0.5) is 26.2 Å². The number of nitrogens with one attached hydrogen (secondary N) is 2. The van der Waals surface area contributed by atoms with Gasteiger partial charge in [0.15, 0.2) is 17.5 Å². The summed E-state index contributed by atoms with van der Waals surface area (Å²) in [7, 11) is 1.59. The third-order valence-corrected chi connectivity index (χ3v) is 7.56. The van der Waals surface area contributed by atoms with Gasteiger partial charge in [-0.05, 0) is 67.0 Å². The van der Waals surface area contributed by atoms with Crippen molar-refractivity contribution < 1.29 is 8.78 Å².